The first-order valence-electron chi connectivity index (χ1n) is 24.9. The minimum absolute atomic E-state index is 0.472. The van der Waals surface area contributed by atoms with Gasteiger partial charge in [0.05, 0.1) is 11.1 Å². The Hall–Kier alpha value is -9.30. The van der Waals surface area contributed by atoms with Gasteiger partial charge >= 0.3 is 0 Å². The molecule has 0 atom stereocenters. The van der Waals surface area contributed by atoms with E-state index in [9.17, 15) is 0 Å². The van der Waals surface area contributed by atoms with Crippen LogP contribution in [0.2, 0.25) is 0 Å². The van der Waals surface area contributed by atoms with Crippen molar-refractivity contribution < 1.29 is 0 Å². The summed E-state index contributed by atoms with van der Waals surface area (Å²) in [6.07, 6.45) is 0. The van der Waals surface area contributed by atoms with Crippen molar-refractivity contribution in [3.63, 3.8) is 0 Å². The third kappa shape index (κ3) is 7.34. The van der Waals surface area contributed by atoms with Crippen LogP contribution in [0.3, 0.4) is 0 Å². The molecule has 12 aromatic rings. The molecule has 1 nitrogen and oxygen atoms in total. The van der Waals surface area contributed by atoms with Crippen LogP contribution in [0.15, 0.2) is 297 Å². The van der Waals surface area contributed by atoms with Crippen molar-refractivity contribution in [1.29, 1.82) is 0 Å². The summed E-state index contributed by atoms with van der Waals surface area (Å²) in [5.74, 6) is 0. The SMILES string of the molecule is c1ccc(-c2ccccc2-c2ccccc2N(c2ccc(-c3ccc4c(c3)C(c3ccccc3)(c3ccccc3)c3ccccc3-4)cc2)c2cccc(-c3cccc(-c4cccc5ccccc45)c3)c2)cc1. The van der Waals surface area contributed by atoms with Gasteiger partial charge in [-0.05, 0) is 137 Å². The summed E-state index contributed by atoms with van der Waals surface area (Å²) in [4.78, 5) is 2.44. The average Bonchev–Trinajstić information content (AvgIpc) is 3.76. The standard InChI is InChI=1S/C71H49N/c1-4-21-51(22-5-1)62-34-12-13-35-64(62)67-37-15-17-40-70(67)72(60-32-19-26-54(48-60)53-25-18-27-56(47-53)63-38-20-24-52-23-10-11-33-61(52)63)59-44-41-50(42-45-59)55-43-46-66-65-36-14-16-39-68(65)71(69(66)49-55,57-28-6-2-7-29-57)58-30-8-3-9-31-58/h1-49H. The number of para-hydroxylation sites is 1. The highest BCUT2D eigenvalue weighted by Gasteiger charge is 2.46. The van der Waals surface area contributed by atoms with Crippen LogP contribution in [0.4, 0.5) is 17.1 Å². The third-order valence-electron chi connectivity index (χ3n) is 14.8. The molecule has 0 fully saturated rings. The van der Waals surface area contributed by atoms with Gasteiger partial charge in [-0.25, -0.2) is 0 Å². The van der Waals surface area contributed by atoms with Crippen molar-refractivity contribution in [3.05, 3.63) is 320 Å². The summed E-state index contributed by atoms with van der Waals surface area (Å²) in [5.41, 5.74) is 22.3. The van der Waals surface area contributed by atoms with E-state index in [0.29, 0.717) is 0 Å². The van der Waals surface area contributed by atoms with Crippen LogP contribution in [-0.2, 0) is 5.41 Å². The summed E-state index contributed by atoms with van der Waals surface area (Å²) >= 11 is 0. The number of anilines is 3. The molecule has 0 saturated heterocycles. The van der Waals surface area contributed by atoms with Crippen LogP contribution in [-0.4, -0.2) is 0 Å². The Morgan fingerprint density at radius 1 is 0.236 bits per heavy atom. The predicted octanol–water partition coefficient (Wildman–Crippen LogP) is 19.0. The van der Waals surface area contributed by atoms with E-state index in [4.69, 9.17) is 0 Å². The normalized spacial score (nSPS) is 12.3. The topological polar surface area (TPSA) is 3.24 Å². The van der Waals surface area contributed by atoms with E-state index < -0.39 is 5.41 Å². The second-order valence-electron chi connectivity index (χ2n) is 18.8. The first-order valence-corrected chi connectivity index (χ1v) is 24.9. The van der Waals surface area contributed by atoms with E-state index in [1.54, 1.807) is 0 Å². The molecule has 0 radical (unpaired) electrons. The van der Waals surface area contributed by atoms with Gasteiger partial charge in [-0.15, -0.1) is 0 Å². The summed E-state index contributed by atoms with van der Waals surface area (Å²) in [6, 6.07) is 109. The Labute approximate surface area is 422 Å². The molecule has 0 aliphatic heterocycles. The van der Waals surface area contributed by atoms with E-state index in [2.05, 4.69) is 302 Å². The maximum absolute atomic E-state index is 2.45. The van der Waals surface area contributed by atoms with Crippen LogP contribution < -0.4 is 4.90 Å². The largest absolute Gasteiger partial charge is 0.310 e. The van der Waals surface area contributed by atoms with Gasteiger partial charge in [-0.1, -0.05) is 255 Å². The monoisotopic (exact) mass is 915 g/mol. The Balaban J connectivity index is 0.954. The smallest absolute Gasteiger partial charge is 0.0713 e. The molecule has 0 heterocycles. The fourth-order valence-corrected chi connectivity index (χ4v) is 11.5. The second-order valence-corrected chi connectivity index (χ2v) is 18.8. The van der Waals surface area contributed by atoms with Gasteiger partial charge in [-0.2, -0.15) is 0 Å². The Bertz CT molecular complexity index is 3870. The highest BCUT2D eigenvalue weighted by molar-refractivity contribution is 5.98. The van der Waals surface area contributed by atoms with E-state index in [1.165, 1.54) is 83.1 Å². The van der Waals surface area contributed by atoms with E-state index >= 15 is 0 Å². The summed E-state index contributed by atoms with van der Waals surface area (Å²) < 4.78 is 0. The molecular formula is C71H49N. The molecule has 1 aliphatic rings. The van der Waals surface area contributed by atoms with Gasteiger partial charge in [0.15, 0.2) is 0 Å². The maximum Gasteiger partial charge on any atom is 0.0713 e. The fraction of sp³-hybridized carbons (Fsp3) is 0.0141. The quantitative estimate of drug-likeness (QED) is 0.132. The van der Waals surface area contributed by atoms with Crippen molar-refractivity contribution >= 4 is 27.8 Å². The van der Waals surface area contributed by atoms with Gasteiger partial charge in [-0.3, -0.25) is 0 Å². The molecule has 0 aromatic heterocycles. The van der Waals surface area contributed by atoms with E-state index in [-0.39, 0.29) is 0 Å². The number of benzene rings is 12. The molecule has 12 aromatic carbocycles. The van der Waals surface area contributed by atoms with Crippen molar-refractivity contribution in [3.8, 4) is 66.8 Å². The number of fused-ring (bicyclic) bond motifs is 4. The van der Waals surface area contributed by atoms with E-state index in [0.717, 1.165) is 33.8 Å². The Morgan fingerprint density at radius 2 is 0.736 bits per heavy atom. The number of hydrogen-bond acceptors (Lipinski definition) is 1. The Kier molecular flexibility index (Phi) is 10.8. The molecule has 0 bridgehead atoms. The lowest BCUT2D eigenvalue weighted by Gasteiger charge is -2.34. The molecule has 13 rings (SSSR count). The molecule has 338 valence electrons. The van der Waals surface area contributed by atoms with Crippen LogP contribution in [0, 0.1) is 0 Å². The first kappa shape index (κ1) is 42.8. The highest BCUT2D eigenvalue weighted by atomic mass is 15.1. The lowest BCUT2D eigenvalue weighted by Crippen LogP contribution is -2.28. The molecule has 0 saturated carbocycles. The zero-order valence-corrected chi connectivity index (χ0v) is 39.7. The molecule has 0 amide bonds. The van der Waals surface area contributed by atoms with Crippen molar-refractivity contribution in [2.45, 2.75) is 5.41 Å². The lowest BCUT2D eigenvalue weighted by atomic mass is 9.67. The second kappa shape index (κ2) is 18.2. The maximum atomic E-state index is 2.45. The molecule has 0 spiro atoms. The average molecular weight is 916 g/mol. The van der Waals surface area contributed by atoms with Gasteiger partial charge < -0.3 is 4.90 Å². The van der Waals surface area contributed by atoms with Crippen LogP contribution in [0.5, 0.6) is 0 Å². The number of rotatable bonds is 10. The predicted molar refractivity (Wildman–Crippen MR) is 303 cm³/mol. The fourth-order valence-electron chi connectivity index (χ4n) is 11.5. The lowest BCUT2D eigenvalue weighted by molar-refractivity contribution is 0.769. The van der Waals surface area contributed by atoms with Gasteiger partial charge in [0.1, 0.15) is 0 Å². The zero-order valence-electron chi connectivity index (χ0n) is 39.7. The molecule has 0 unspecified atom stereocenters. The third-order valence-corrected chi connectivity index (χ3v) is 14.8. The van der Waals surface area contributed by atoms with Gasteiger partial charge in [0.2, 0.25) is 0 Å². The zero-order chi connectivity index (χ0) is 47.8. The summed E-state index contributed by atoms with van der Waals surface area (Å²) in [6.45, 7) is 0. The van der Waals surface area contributed by atoms with Crippen LogP contribution >= 0.6 is 0 Å². The number of nitrogens with zero attached hydrogens (tertiary/aromatic N) is 1. The van der Waals surface area contributed by atoms with Crippen molar-refractivity contribution in [1.82, 2.24) is 0 Å². The van der Waals surface area contributed by atoms with E-state index in [1.807, 2.05) is 0 Å². The molecule has 72 heavy (non-hydrogen) atoms. The first-order chi connectivity index (χ1) is 35.7. The minimum atomic E-state index is -0.472. The van der Waals surface area contributed by atoms with Crippen molar-refractivity contribution in [2.75, 3.05) is 4.90 Å². The summed E-state index contributed by atoms with van der Waals surface area (Å²) in [5, 5.41) is 2.50. The minimum Gasteiger partial charge on any atom is -0.310 e. The Morgan fingerprint density at radius 3 is 1.50 bits per heavy atom. The summed E-state index contributed by atoms with van der Waals surface area (Å²) in [7, 11) is 0. The molecule has 0 N–H and O–H groups in total. The van der Waals surface area contributed by atoms with Gasteiger partial charge in [0, 0.05) is 16.9 Å². The van der Waals surface area contributed by atoms with Gasteiger partial charge in [0.25, 0.3) is 0 Å². The molecule has 1 heteroatoms. The van der Waals surface area contributed by atoms with Crippen molar-refractivity contribution in [2.24, 2.45) is 0 Å². The van der Waals surface area contributed by atoms with Crippen LogP contribution in [0.1, 0.15) is 22.3 Å². The highest BCUT2D eigenvalue weighted by Crippen LogP contribution is 2.57. The molecular weight excluding hydrogens is 867 g/mol. The molecule has 1 aliphatic carbocycles. The number of hydrogen-bond donors (Lipinski definition) is 0. The van der Waals surface area contributed by atoms with Crippen LogP contribution in [0.25, 0.3) is 77.5 Å².